The van der Waals surface area contributed by atoms with E-state index in [0.29, 0.717) is 0 Å². The molecule has 1 heterocycles. The van der Waals surface area contributed by atoms with Gasteiger partial charge in [0.05, 0.1) is 12.0 Å². The van der Waals surface area contributed by atoms with Gasteiger partial charge in [-0.3, -0.25) is 0 Å². The molecule has 2 rings (SSSR count). The van der Waals surface area contributed by atoms with Crippen LogP contribution in [0.3, 0.4) is 0 Å². The first kappa shape index (κ1) is 8.60. The van der Waals surface area contributed by atoms with E-state index in [9.17, 15) is 5.11 Å². The van der Waals surface area contributed by atoms with Crippen molar-refractivity contribution in [1.82, 2.24) is 4.98 Å². The van der Waals surface area contributed by atoms with Crippen LogP contribution in [-0.4, -0.2) is 16.0 Å². The average Bonchev–Trinajstić information content (AvgIpc) is 2.63. The lowest BCUT2D eigenvalue weighted by molar-refractivity contribution is 0.203. The number of H-pyrrole nitrogens is 1. The predicted molar refractivity (Wildman–Crippen MR) is 54.0 cm³/mol. The summed E-state index contributed by atoms with van der Waals surface area (Å²) in [4.78, 5) is 3.08. The Labute approximate surface area is 81.1 Å². The van der Waals surface area contributed by atoms with Crippen LogP contribution < -0.4 is 0 Å². The van der Waals surface area contributed by atoms with E-state index in [1.54, 1.807) is 0 Å². The number of hydrogen-bond donors (Lipinski definition) is 2. The third-order valence-electron chi connectivity index (χ3n) is 2.11. The second-order valence-electron chi connectivity index (χ2n) is 2.99. The van der Waals surface area contributed by atoms with Crippen molar-refractivity contribution in [2.75, 3.05) is 5.88 Å². The number of aliphatic hydroxyl groups is 1. The fraction of sp³-hybridized carbons (Fsp3) is 0.200. The molecular formula is C10H10ClNO. The van der Waals surface area contributed by atoms with Crippen molar-refractivity contribution >= 4 is 22.5 Å². The second kappa shape index (κ2) is 3.40. The van der Waals surface area contributed by atoms with Crippen molar-refractivity contribution < 1.29 is 5.11 Å². The lowest BCUT2D eigenvalue weighted by atomic mass is 10.1. The van der Waals surface area contributed by atoms with Crippen LogP contribution in [0.4, 0.5) is 0 Å². The maximum Gasteiger partial charge on any atom is 0.0926 e. The summed E-state index contributed by atoms with van der Waals surface area (Å²) in [6, 6.07) is 7.77. The van der Waals surface area contributed by atoms with Crippen molar-refractivity contribution in [2.24, 2.45) is 0 Å². The molecule has 13 heavy (non-hydrogen) atoms. The summed E-state index contributed by atoms with van der Waals surface area (Å²) in [7, 11) is 0. The molecule has 2 nitrogen and oxygen atoms in total. The van der Waals surface area contributed by atoms with Crippen molar-refractivity contribution in [3.05, 3.63) is 36.0 Å². The van der Waals surface area contributed by atoms with Crippen LogP contribution in [0, 0.1) is 0 Å². The Morgan fingerprint density at radius 2 is 2.23 bits per heavy atom. The van der Waals surface area contributed by atoms with E-state index in [-0.39, 0.29) is 5.88 Å². The van der Waals surface area contributed by atoms with Crippen LogP contribution in [0.2, 0.25) is 0 Å². The Morgan fingerprint density at radius 3 is 3.00 bits per heavy atom. The van der Waals surface area contributed by atoms with Gasteiger partial charge in [-0.15, -0.1) is 11.6 Å². The molecule has 3 heteroatoms. The predicted octanol–water partition coefficient (Wildman–Crippen LogP) is 2.44. The van der Waals surface area contributed by atoms with Gasteiger partial charge in [0.15, 0.2) is 0 Å². The highest BCUT2D eigenvalue weighted by Crippen LogP contribution is 2.19. The highest BCUT2D eigenvalue weighted by atomic mass is 35.5. The van der Waals surface area contributed by atoms with Gasteiger partial charge >= 0.3 is 0 Å². The molecule has 68 valence electrons. The number of hydrogen-bond acceptors (Lipinski definition) is 1. The number of benzene rings is 1. The Kier molecular flexibility index (Phi) is 2.25. The summed E-state index contributed by atoms with van der Waals surface area (Å²) in [5, 5.41) is 10.6. The zero-order valence-electron chi connectivity index (χ0n) is 7.00. The van der Waals surface area contributed by atoms with E-state index in [2.05, 4.69) is 4.98 Å². The summed E-state index contributed by atoms with van der Waals surface area (Å²) >= 11 is 5.55. The molecule has 1 unspecified atom stereocenters. The SMILES string of the molecule is OC(CCl)c1ccc2cc[nH]c2c1. The highest BCUT2D eigenvalue weighted by Gasteiger charge is 2.06. The van der Waals surface area contributed by atoms with E-state index in [4.69, 9.17) is 11.6 Å². The van der Waals surface area contributed by atoms with Gasteiger partial charge in [0.25, 0.3) is 0 Å². The molecule has 1 atom stereocenters. The molecule has 0 saturated carbocycles. The van der Waals surface area contributed by atoms with Crippen molar-refractivity contribution in [1.29, 1.82) is 0 Å². The van der Waals surface area contributed by atoms with Crippen LogP contribution >= 0.6 is 11.6 Å². The number of aromatic nitrogens is 1. The van der Waals surface area contributed by atoms with E-state index in [0.717, 1.165) is 16.5 Å². The second-order valence-corrected chi connectivity index (χ2v) is 3.30. The number of fused-ring (bicyclic) bond motifs is 1. The maximum atomic E-state index is 9.48. The largest absolute Gasteiger partial charge is 0.387 e. The molecule has 2 N–H and O–H groups in total. The number of rotatable bonds is 2. The molecule has 0 amide bonds. The number of nitrogens with one attached hydrogen (secondary N) is 1. The lowest BCUT2D eigenvalue weighted by Crippen LogP contribution is -1.97. The normalized spacial score (nSPS) is 13.4. The van der Waals surface area contributed by atoms with Crippen LogP contribution in [0.25, 0.3) is 10.9 Å². The standard InChI is InChI=1S/C10H10ClNO/c11-6-10(13)8-2-1-7-3-4-12-9(7)5-8/h1-5,10,12-13H,6H2. The molecule has 2 aromatic rings. The first-order valence-electron chi connectivity index (χ1n) is 4.12. The molecule has 1 aromatic carbocycles. The fourth-order valence-corrected chi connectivity index (χ4v) is 1.54. The Hall–Kier alpha value is -0.990. The Morgan fingerprint density at radius 1 is 1.38 bits per heavy atom. The van der Waals surface area contributed by atoms with Gasteiger partial charge in [0.2, 0.25) is 0 Å². The Bertz CT molecular complexity index is 410. The quantitative estimate of drug-likeness (QED) is 0.710. The third-order valence-corrected chi connectivity index (χ3v) is 2.40. The van der Waals surface area contributed by atoms with Crippen molar-refractivity contribution in [3.8, 4) is 0 Å². The topological polar surface area (TPSA) is 36.0 Å². The molecule has 0 bridgehead atoms. The van der Waals surface area contributed by atoms with Crippen LogP contribution in [-0.2, 0) is 0 Å². The summed E-state index contributed by atoms with van der Waals surface area (Å²) in [5.41, 5.74) is 1.88. The smallest absolute Gasteiger partial charge is 0.0926 e. The molecule has 0 saturated heterocycles. The first-order valence-corrected chi connectivity index (χ1v) is 4.66. The van der Waals surface area contributed by atoms with E-state index < -0.39 is 6.10 Å². The molecule has 1 aromatic heterocycles. The highest BCUT2D eigenvalue weighted by molar-refractivity contribution is 6.18. The summed E-state index contributed by atoms with van der Waals surface area (Å²) in [6.07, 6.45) is 1.30. The van der Waals surface area contributed by atoms with Crippen molar-refractivity contribution in [3.63, 3.8) is 0 Å². The van der Waals surface area contributed by atoms with Gasteiger partial charge in [-0.2, -0.15) is 0 Å². The number of aromatic amines is 1. The molecular weight excluding hydrogens is 186 g/mol. The van der Waals surface area contributed by atoms with Crippen molar-refractivity contribution in [2.45, 2.75) is 6.10 Å². The van der Waals surface area contributed by atoms with Crippen LogP contribution in [0.1, 0.15) is 11.7 Å². The summed E-state index contributed by atoms with van der Waals surface area (Å²) in [5.74, 6) is 0.228. The fourth-order valence-electron chi connectivity index (χ4n) is 1.36. The zero-order chi connectivity index (χ0) is 9.26. The minimum absolute atomic E-state index is 0.228. The third kappa shape index (κ3) is 1.55. The van der Waals surface area contributed by atoms with Gasteiger partial charge in [-0.05, 0) is 23.1 Å². The van der Waals surface area contributed by atoms with E-state index in [1.807, 2.05) is 30.5 Å². The van der Waals surface area contributed by atoms with Gasteiger partial charge < -0.3 is 10.1 Å². The average molecular weight is 196 g/mol. The maximum absolute atomic E-state index is 9.48. The van der Waals surface area contributed by atoms with E-state index >= 15 is 0 Å². The van der Waals surface area contributed by atoms with Gasteiger partial charge in [-0.1, -0.05) is 12.1 Å². The lowest BCUT2D eigenvalue weighted by Gasteiger charge is -2.06. The number of alkyl halides is 1. The van der Waals surface area contributed by atoms with Gasteiger partial charge in [0, 0.05) is 11.7 Å². The Balaban J connectivity index is 2.48. The van der Waals surface area contributed by atoms with Gasteiger partial charge in [0.1, 0.15) is 0 Å². The molecule has 0 radical (unpaired) electrons. The number of halogens is 1. The molecule has 0 aliphatic heterocycles. The minimum Gasteiger partial charge on any atom is -0.387 e. The minimum atomic E-state index is -0.575. The number of aliphatic hydroxyl groups excluding tert-OH is 1. The summed E-state index contributed by atoms with van der Waals surface area (Å²) in [6.45, 7) is 0. The van der Waals surface area contributed by atoms with E-state index in [1.165, 1.54) is 0 Å². The molecule has 0 aliphatic rings. The first-order chi connectivity index (χ1) is 6.31. The van der Waals surface area contributed by atoms with Crippen LogP contribution in [0.5, 0.6) is 0 Å². The molecule has 0 fully saturated rings. The summed E-state index contributed by atoms with van der Waals surface area (Å²) < 4.78 is 0. The van der Waals surface area contributed by atoms with Crippen LogP contribution in [0.15, 0.2) is 30.5 Å². The molecule has 0 spiro atoms. The van der Waals surface area contributed by atoms with Gasteiger partial charge in [-0.25, -0.2) is 0 Å². The molecule has 0 aliphatic carbocycles. The monoisotopic (exact) mass is 195 g/mol. The zero-order valence-corrected chi connectivity index (χ0v) is 7.75.